The van der Waals surface area contributed by atoms with E-state index < -0.39 is 11.9 Å². The summed E-state index contributed by atoms with van der Waals surface area (Å²) in [5.41, 5.74) is 0. The Morgan fingerprint density at radius 3 is 0.533 bits per heavy atom. The summed E-state index contributed by atoms with van der Waals surface area (Å²) >= 11 is 0. The van der Waals surface area contributed by atoms with Crippen molar-refractivity contribution < 1.29 is 24.9 Å². The molecular weight excluding hydrogens is 769 g/mol. The number of carbonyl (C=O) groups is 2. The molecule has 0 bridgehead atoms. The maximum Gasteiger partial charge on any atom is 2.00 e. The maximum atomic E-state index is 10.2. The quantitative estimate of drug-likeness (QED) is 0.0485. The molecule has 0 fully saturated rings. The number of aliphatic carboxylic acids is 2. The van der Waals surface area contributed by atoms with E-state index in [0.717, 1.165) is 32.1 Å². The molecule has 5 nitrogen and oxygen atoms in total. The molecule has 0 radical (unpaired) electrons. The Hall–Kier alpha value is 0.160. The van der Waals surface area contributed by atoms with E-state index >= 15 is 0 Å². The molecule has 0 saturated heterocycles. The molecule has 0 unspecified atom stereocenters. The van der Waals surface area contributed by atoms with Crippen LogP contribution in [-0.2, 0) is 9.59 Å². The fourth-order valence-corrected chi connectivity index (χ4v) is 7.94. The number of aliphatic hydroxyl groups is 1. The van der Waals surface area contributed by atoms with Gasteiger partial charge in [-0.3, -0.25) is 0 Å². The van der Waals surface area contributed by atoms with Gasteiger partial charge in [-0.05, 0) is 32.1 Å². The summed E-state index contributed by atoms with van der Waals surface area (Å²) in [4.78, 5) is 20.4. The first-order valence-electron chi connectivity index (χ1n) is 27.0. The number of rotatable bonds is 48. The van der Waals surface area contributed by atoms with E-state index in [2.05, 4.69) is 20.8 Å². The summed E-state index contributed by atoms with van der Waals surface area (Å²) in [6, 6.07) is 0. The molecule has 6 heteroatoms. The molecule has 0 aromatic heterocycles. The first-order valence-corrected chi connectivity index (χ1v) is 27.0. The normalized spacial score (nSPS) is 10.7. The molecule has 0 aliphatic heterocycles. The van der Waals surface area contributed by atoms with Gasteiger partial charge in [0.1, 0.15) is 0 Å². The van der Waals surface area contributed by atoms with E-state index in [0.29, 0.717) is 6.61 Å². The number of hydrogen-bond donors (Lipinski definition) is 1. The molecule has 0 saturated carbocycles. The van der Waals surface area contributed by atoms with Crippen LogP contribution in [0.25, 0.3) is 0 Å². The topological polar surface area (TPSA) is 100 Å². The van der Waals surface area contributed by atoms with Gasteiger partial charge in [0.05, 0.1) is 0 Å². The Kier molecular flexibility index (Phi) is 73.2. The van der Waals surface area contributed by atoms with E-state index in [-0.39, 0.29) is 50.6 Å². The summed E-state index contributed by atoms with van der Waals surface area (Å²) in [5, 5.41) is 29.1. The SMILES string of the molecule is CCCCCCCCCCCCCCCCCC(=O)[O-].CCCCCCCCCCCCCCCCCC(=O)[O-].CCCCCCCCCCCCCCCCCCO.[Ca+2]. The second-order valence-electron chi connectivity index (χ2n) is 18.2. The third kappa shape index (κ3) is 75.5. The van der Waals surface area contributed by atoms with Gasteiger partial charge in [-0.15, -0.1) is 0 Å². The minimum Gasteiger partial charge on any atom is -0.550 e. The number of carboxylic acids is 2. The summed E-state index contributed by atoms with van der Waals surface area (Å²) in [6.45, 7) is 7.19. The first-order chi connectivity index (χ1) is 29.0. The fourth-order valence-electron chi connectivity index (χ4n) is 7.94. The summed E-state index contributed by atoms with van der Waals surface area (Å²) in [5.74, 6) is -1.81. The Labute approximate surface area is 407 Å². The molecule has 356 valence electrons. The van der Waals surface area contributed by atoms with E-state index in [1.54, 1.807) is 0 Å². The van der Waals surface area contributed by atoms with Crippen molar-refractivity contribution in [3.8, 4) is 0 Å². The van der Waals surface area contributed by atoms with Crippen LogP contribution in [0.5, 0.6) is 0 Å². The molecular formula is C54H108CaO5. The molecule has 0 rings (SSSR count). The average molecular weight is 878 g/mol. The standard InChI is InChI=1S/2C18H36O2.C18H38O.Ca/c2*1-2-3-4-5-6-7-8-9-10-11-12-13-14-15-16-17-18(19)20;1-2-3-4-5-6-7-8-9-10-11-12-13-14-15-16-17-18-19;/h2*2-17H2,1H3,(H,19,20);19H,2-18H2,1H3;/q;;;+2/p-2. The summed E-state index contributed by atoms with van der Waals surface area (Å²) < 4.78 is 0. The van der Waals surface area contributed by atoms with Crippen molar-refractivity contribution in [2.45, 2.75) is 329 Å². The zero-order valence-electron chi connectivity index (χ0n) is 41.4. The van der Waals surface area contributed by atoms with Gasteiger partial charge in [-0.25, -0.2) is 0 Å². The summed E-state index contributed by atoms with van der Waals surface area (Å²) in [6.07, 6.45) is 61.9. The molecule has 0 amide bonds. The second kappa shape index (κ2) is 65.8. The van der Waals surface area contributed by atoms with Gasteiger partial charge >= 0.3 is 37.7 Å². The number of unbranched alkanes of at least 4 members (excludes halogenated alkanes) is 43. The van der Waals surface area contributed by atoms with Gasteiger partial charge < -0.3 is 24.9 Å². The first kappa shape index (κ1) is 66.8. The number of aliphatic hydroxyl groups excluding tert-OH is 1. The van der Waals surface area contributed by atoms with Crippen LogP contribution in [0, 0.1) is 0 Å². The number of carbonyl (C=O) groups excluding carboxylic acids is 2. The summed E-state index contributed by atoms with van der Waals surface area (Å²) in [7, 11) is 0. The Balaban J connectivity index is -0.000000389. The molecule has 0 aromatic rings. The molecule has 0 heterocycles. The predicted molar refractivity (Wildman–Crippen MR) is 261 cm³/mol. The zero-order chi connectivity index (χ0) is 43.8. The molecule has 0 spiro atoms. The van der Waals surface area contributed by atoms with Crippen LogP contribution < -0.4 is 10.2 Å². The van der Waals surface area contributed by atoms with E-state index in [1.165, 1.54) is 263 Å². The molecule has 0 aromatic carbocycles. The predicted octanol–water partition coefficient (Wildman–Crippen LogP) is 15.9. The minimum atomic E-state index is -0.903. The number of carboxylic acid groups (broad SMARTS) is 2. The molecule has 1 N–H and O–H groups in total. The van der Waals surface area contributed by atoms with Gasteiger partial charge in [0.15, 0.2) is 0 Å². The second-order valence-corrected chi connectivity index (χ2v) is 18.2. The van der Waals surface area contributed by atoms with Crippen LogP contribution in [0.3, 0.4) is 0 Å². The Morgan fingerprint density at radius 2 is 0.400 bits per heavy atom. The van der Waals surface area contributed by atoms with Crippen LogP contribution in [0.4, 0.5) is 0 Å². The largest absolute Gasteiger partial charge is 2.00 e. The van der Waals surface area contributed by atoms with Crippen molar-refractivity contribution in [1.82, 2.24) is 0 Å². The van der Waals surface area contributed by atoms with E-state index in [4.69, 9.17) is 5.11 Å². The zero-order valence-corrected chi connectivity index (χ0v) is 43.6. The van der Waals surface area contributed by atoms with Crippen LogP contribution in [-0.4, -0.2) is 61.4 Å². The van der Waals surface area contributed by atoms with Crippen LogP contribution in [0.1, 0.15) is 329 Å². The third-order valence-electron chi connectivity index (χ3n) is 12.0. The third-order valence-corrected chi connectivity index (χ3v) is 12.0. The van der Waals surface area contributed by atoms with Gasteiger partial charge in [-0.1, -0.05) is 297 Å². The smallest absolute Gasteiger partial charge is 0.550 e. The van der Waals surface area contributed by atoms with Crippen molar-refractivity contribution in [2.24, 2.45) is 0 Å². The Bertz CT molecular complexity index is 688. The van der Waals surface area contributed by atoms with Crippen molar-refractivity contribution in [3.05, 3.63) is 0 Å². The maximum absolute atomic E-state index is 10.2. The van der Waals surface area contributed by atoms with Gasteiger partial charge in [-0.2, -0.15) is 0 Å². The molecule has 0 atom stereocenters. The monoisotopic (exact) mass is 877 g/mol. The number of hydrogen-bond acceptors (Lipinski definition) is 5. The molecule has 0 aliphatic carbocycles. The minimum absolute atomic E-state index is 0. The van der Waals surface area contributed by atoms with Crippen LogP contribution >= 0.6 is 0 Å². The average Bonchev–Trinajstić information content (AvgIpc) is 3.22. The van der Waals surface area contributed by atoms with E-state index in [1.807, 2.05) is 0 Å². The van der Waals surface area contributed by atoms with Crippen LogP contribution in [0.2, 0.25) is 0 Å². The van der Waals surface area contributed by atoms with Crippen molar-refractivity contribution in [2.75, 3.05) is 6.61 Å². The van der Waals surface area contributed by atoms with Crippen molar-refractivity contribution >= 4 is 49.7 Å². The van der Waals surface area contributed by atoms with Gasteiger partial charge in [0.2, 0.25) is 0 Å². The van der Waals surface area contributed by atoms with Gasteiger partial charge in [0, 0.05) is 18.5 Å². The van der Waals surface area contributed by atoms with Crippen molar-refractivity contribution in [3.63, 3.8) is 0 Å². The Morgan fingerprint density at radius 1 is 0.267 bits per heavy atom. The molecule has 0 aliphatic rings. The van der Waals surface area contributed by atoms with Crippen LogP contribution in [0.15, 0.2) is 0 Å². The van der Waals surface area contributed by atoms with E-state index in [9.17, 15) is 19.8 Å². The van der Waals surface area contributed by atoms with Gasteiger partial charge in [0.25, 0.3) is 0 Å². The van der Waals surface area contributed by atoms with Crippen molar-refractivity contribution in [1.29, 1.82) is 0 Å². The fraction of sp³-hybridized carbons (Fsp3) is 0.963. The molecule has 60 heavy (non-hydrogen) atoms.